The number of rotatable bonds is 9. The van der Waals surface area contributed by atoms with E-state index in [0.29, 0.717) is 37.4 Å². The van der Waals surface area contributed by atoms with Crippen molar-refractivity contribution in [2.24, 2.45) is 40.4 Å². The van der Waals surface area contributed by atoms with Crippen LogP contribution in [0.2, 0.25) is 0 Å². The SMILES string of the molecule is C=C(C[C@H](O)[C@@H](C)[C@H]1CC[C@@H]([C@@H]2CC=C3C[C@@H](OC(C)=O)CC[C@]3(C)C2=O)[C@]1(C)CCO)C(C)C. The third-order valence-electron chi connectivity index (χ3n) is 10.1. The van der Waals surface area contributed by atoms with Crippen molar-refractivity contribution in [1.29, 1.82) is 0 Å². The molecule has 0 aliphatic heterocycles. The van der Waals surface area contributed by atoms with Crippen LogP contribution in [0.15, 0.2) is 23.8 Å². The van der Waals surface area contributed by atoms with Gasteiger partial charge in [0.05, 0.1) is 6.10 Å². The van der Waals surface area contributed by atoms with Crippen LogP contribution < -0.4 is 0 Å². The quantitative estimate of drug-likeness (QED) is 0.324. The Hall–Kier alpha value is -1.46. The predicted octanol–water partition coefficient (Wildman–Crippen LogP) is 5.64. The molecule has 0 amide bonds. The third kappa shape index (κ3) is 5.46. The number of fused-ring (bicyclic) bond motifs is 1. The summed E-state index contributed by atoms with van der Waals surface area (Å²) < 4.78 is 5.47. The molecule has 0 heterocycles. The number of esters is 1. The van der Waals surface area contributed by atoms with E-state index in [4.69, 9.17) is 4.74 Å². The molecule has 0 aromatic heterocycles. The molecule has 0 unspecified atom stereocenters. The third-order valence-corrected chi connectivity index (χ3v) is 10.1. The number of hydrogen-bond donors (Lipinski definition) is 2. The Morgan fingerprint density at radius 2 is 1.91 bits per heavy atom. The van der Waals surface area contributed by atoms with Crippen LogP contribution in [0.1, 0.15) is 92.9 Å². The Morgan fingerprint density at radius 3 is 2.51 bits per heavy atom. The van der Waals surface area contributed by atoms with Gasteiger partial charge in [-0.05, 0) is 81.0 Å². The molecule has 0 aromatic carbocycles. The first kappa shape index (κ1) is 28.1. The summed E-state index contributed by atoms with van der Waals surface area (Å²) in [6, 6.07) is 0. The average Bonchev–Trinajstić information content (AvgIpc) is 3.11. The molecule has 0 spiro atoms. The maximum Gasteiger partial charge on any atom is 0.302 e. The van der Waals surface area contributed by atoms with Crippen LogP contribution >= 0.6 is 0 Å². The van der Waals surface area contributed by atoms with E-state index >= 15 is 0 Å². The van der Waals surface area contributed by atoms with E-state index in [1.807, 2.05) is 0 Å². The molecule has 8 atom stereocenters. The van der Waals surface area contributed by atoms with Gasteiger partial charge in [0.25, 0.3) is 0 Å². The average molecular weight is 489 g/mol. The molecular formula is C30H48O5. The van der Waals surface area contributed by atoms with E-state index < -0.39 is 11.5 Å². The first-order valence-corrected chi connectivity index (χ1v) is 13.7. The highest BCUT2D eigenvalue weighted by atomic mass is 16.5. The van der Waals surface area contributed by atoms with Gasteiger partial charge in [-0.25, -0.2) is 0 Å². The molecule has 5 nitrogen and oxygen atoms in total. The molecule has 35 heavy (non-hydrogen) atoms. The molecule has 2 fully saturated rings. The molecule has 0 saturated heterocycles. The van der Waals surface area contributed by atoms with E-state index in [0.717, 1.165) is 36.8 Å². The second kappa shape index (κ2) is 10.9. The van der Waals surface area contributed by atoms with Crippen molar-refractivity contribution in [2.45, 2.75) is 105 Å². The van der Waals surface area contributed by atoms with Crippen molar-refractivity contribution in [3.63, 3.8) is 0 Å². The van der Waals surface area contributed by atoms with Crippen molar-refractivity contribution in [3.8, 4) is 0 Å². The van der Waals surface area contributed by atoms with Crippen LogP contribution in [-0.4, -0.2) is 40.8 Å². The number of ketones is 1. The summed E-state index contributed by atoms with van der Waals surface area (Å²) >= 11 is 0. The number of carbonyl (C=O) groups is 2. The number of allylic oxidation sites excluding steroid dienone is 1. The van der Waals surface area contributed by atoms with Crippen LogP contribution in [0.4, 0.5) is 0 Å². The maximum atomic E-state index is 14.0. The Labute approximate surface area is 212 Å². The van der Waals surface area contributed by atoms with E-state index in [2.05, 4.69) is 47.3 Å². The Kier molecular flexibility index (Phi) is 8.74. The molecule has 5 heteroatoms. The first-order chi connectivity index (χ1) is 16.3. The number of hydrogen-bond acceptors (Lipinski definition) is 5. The lowest BCUT2D eigenvalue weighted by Crippen LogP contribution is -2.48. The molecule has 3 aliphatic rings. The smallest absolute Gasteiger partial charge is 0.302 e. The summed E-state index contributed by atoms with van der Waals surface area (Å²) in [4.78, 5) is 25.5. The predicted molar refractivity (Wildman–Crippen MR) is 138 cm³/mol. The van der Waals surface area contributed by atoms with Gasteiger partial charge in [-0.15, -0.1) is 0 Å². The minimum absolute atomic E-state index is 0.0643. The number of carbonyl (C=O) groups excluding carboxylic acids is 2. The van der Waals surface area contributed by atoms with E-state index in [1.165, 1.54) is 6.92 Å². The van der Waals surface area contributed by atoms with Gasteiger partial charge in [-0.1, -0.05) is 51.5 Å². The monoisotopic (exact) mass is 488 g/mol. The zero-order chi connectivity index (χ0) is 26.1. The number of Topliss-reactive ketones (excluding diaryl/α,β-unsaturated/α-hetero) is 1. The second-order valence-electron chi connectivity index (χ2n) is 12.5. The van der Waals surface area contributed by atoms with Crippen molar-refractivity contribution in [1.82, 2.24) is 0 Å². The van der Waals surface area contributed by atoms with Gasteiger partial charge in [0.2, 0.25) is 0 Å². The highest BCUT2D eigenvalue weighted by Crippen LogP contribution is 2.60. The Morgan fingerprint density at radius 1 is 1.23 bits per heavy atom. The van der Waals surface area contributed by atoms with Gasteiger partial charge in [0.1, 0.15) is 11.9 Å². The first-order valence-electron chi connectivity index (χ1n) is 13.7. The lowest BCUT2D eigenvalue weighted by atomic mass is 9.55. The van der Waals surface area contributed by atoms with Crippen LogP contribution in [0.25, 0.3) is 0 Å². The van der Waals surface area contributed by atoms with Crippen LogP contribution in [0.5, 0.6) is 0 Å². The Bertz CT molecular complexity index is 844. The van der Waals surface area contributed by atoms with Gasteiger partial charge >= 0.3 is 5.97 Å². The fourth-order valence-corrected chi connectivity index (χ4v) is 7.63. The maximum absolute atomic E-state index is 14.0. The molecule has 0 bridgehead atoms. The van der Waals surface area contributed by atoms with Crippen molar-refractivity contribution < 1.29 is 24.5 Å². The van der Waals surface area contributed by atoms with Crippen LogP contribution in [0, 0.1) is 40.4 Å². The van der Waals surface area contributed by atoms with E-state index in [9.17, 15) is 19.8 Å². The molecule has 3 rings (SSSR count). The van der Waals surface area contributed by atoms with Gasteiger partial charge < -0.3 is 14.9 Å². The fourth-order valence-electron chi connectivity index (χ4n) is 7.63. The number of aliphatic hydroxyl groups excluding tert-OH is 2. The van der Waals surface area contributed by atoms with Gasteiger partial charge in [0, 0.05) is 31.3 Å². The zero-order valence-corrected chi connectivity index (χ0v) is 22.8. The largest absolute Gasteiger partial charge is 0.462 e. The topological polar surface area (TPSA) is 83.8 Å². The summed E-state index contributed by atoms with van der Waals surface area (Å²) in [5.41, 5.74) is 1.51. The standard InChI is InChI=1S/C30H48O5/c1-18(2)19(3)16-27(33)20(4)25-10-11-26(30(25,7)14-15-31)24-9-8-22-17-23(35-21(5)32)12-13-29(22,6)28(24)34/h8,18,20,23-27,31,33H,3,9-17H2,1-2,4-7H3/t20-,23-,24-,25+,26-,27-,29-,30+/m0/s1. The molecular weight excluding hydrogens is 440 g/mol. The van der Waals surface area contributed by atoms with Gasteiger partial charge in [-0.2, -0.15) is 0 Å². The summed E-state index contributed by atoms with van der Waals surface area (Å²) in [7, 11) is 0. The lowest BCUT2D eigenvalue weighted by molar-refractivity contribution is -0.148. The number of ether oxygens (including phenoxy) is 1. The molecule has 198 valence electrons. The van der Waals surface area contributed by atoms with E-state index in [1.54, 1.807) is 0 Å². The summed E-state index contributed by atoms with van der Waals surface area (Å²) in [5.74, 6) is 0.861. The Balaban J connectivity index is 1.81. The lowest BCUT2D eigenvalue weighted by Gasteiger charge is -2.48. The van der Waals surface area contributed by atoms with Crippen molar-refractivity contribution in [2.75, 3.05) is 6.61 Å². The summed E-state index contributed by atoms with van der Waals surface area (Å²) in [5, 5.41) is 21.1. The van der Waals surface area contributed by atoms with Crippen LogP contribution in [-0.2, 0) is 14.3 Å². The molecule has 3 aliphatic carbocycles. The molecule has 0 radical (unpaired) electrons. The number of aliphatic hydroxyl groups is 2. The molecule has 2 N–H and O–H groups in total. The highest BCUT2D eigenvalue weighted by Gasteiger charge is 2.56. The molecule has 2 saturated carbocycles. The minimum atomic E-state index is -0.488. The van der Waals surface area contributed by atoms with Gasteiger partial charge in [-0.3, -0.25) is 9.59 Å². The summed E-state index contributed by atoms with van der Waals surface area (Å²) in [6.45, 7) is 16.4. The zero-order valence-electron chi connectivity index (χ0n) is 22.8. The van der Waals surface area contributed by atoms with Crippen molar-refractivity contribution in [3.05, 3.63) is 23.8 Å². The van der Waals surface area contributed by atoms with Crippen molar-refractivity contribution >= 4 is 11.8 Å². The second-order valence-corrected chi connectivity index (χ2v) is 12.5. The fraction of sp³-hybridized carbons (Fsp3) is 0.800. The van der Waals surface area contributed by atoms with Crippen LogP contribution in [0.3, 0.4) is 0 Å². The summed E-state index contributed by atoms with van der Waals surface area (Å²) in [6.07, 6.45) is 7.63. The minimum Gasteiger partial charge on any atom is -0.462 e. The van der Waals surface area contributed by atoms with Gasteiger partial charge in [0.15, 0.2) is 0 Å². The van der Waals surface area contributed by atoms with E-state index in [-0.39, 0.29) is 47.8 Å². The highest BCUT2D eigenvalue weighted by molar-refractivity contribution is 5.91. The normalized spacial score (nSPS) is 36.9. The molecule has 0 aromatic rings.